The number of aryl methyl sites for hydroxylation is 2. The lowest BCUT2D eigenvalue weighted by Crippen LogP contribution is -2.14. The summed E-state index contributed by atoms with van der Waals surface area (Å²) in [6, 6.07) is 24.4. The molecule has 0 unspecified atom stereocenters. The van der Waals surface area contributed by atoms with E-state index in [0.717, 1.165) is 29.2 Å². The first-order chi connectivity index (χ1) is 16.5. The molecule has 0 aliphatic rings. The first-order valence-corrected chi connectivity index (χ1v) is 12.6. The van der Waals surface area contributed by atoms with Crippen LogP contribution < -0.4 is 5.32 Å². The summed E-state index contributed by atoms with van der Waals surface area (Å²) in [7, 11) is 0. The molecule has 0 spiro atoms. The number of hydrogen-bond donors (Lipinski definition) is 1. The zero-order chi connectivity index (χ0) is 24.1. The Kier molecular flexibility index (Phi) is 7.48. The summed E-state index contributed by atoms with van der Waals surface area (Å²) in [5.74, 6) is 1.44. The van der Waals surface area contributed by atoms with E-state index in [9.17, 15) is 4.79 Å². The minimum absolute atomic E-state index is 0.0720. The van der Waals surface area contributed by atoms with E-state index < -0.39 is 0 Å². The standard InChI is InChI=1S/C28H30N4OS/c1-5-19(2)22-12-14-24(15-13-22)29-26(33)18-34-28-31-30-27(23-9-7-6-8-10-23)32(28)25-16-11-20(3)21(4)17-25/h6-17,19H,5,18H2,1-4H3,(H,29,33)/t19-/m1/s1. The Morgan fingerprint density at radius 3 is 2.38 bits per heavy atom. The van der Waals surface area contributed by atoms with Gasteiger partial charge in [-0.3, -0.25) is 9.36 Å². The zero-order valence-electron chi connectivity index (χ0n) is 20.1. The van der Waals surface area contributed by atoms with Gasteiger partial charge in [-0.25, -0.2) is 0 Å². The van der Waals surface area contributed by atoms with Gasteiger partial charge in [-0.05, 0) is 67.1 Å². The molecule has 5 nitrogen and oxygen atoms in total. The van der Waals surface area contributed by atoms with E-state index in [2.05, 4.69) is 73.5 Å². The highest BCUT2D eigenvalue weighted by Gasteiger charge is 2.18. The van der Waals surface area contributed by atoms with Gasteiger partial charge in [0, 0.05) is 11.3 Å². The Bertz CT molecular complexity index is 1270. The van der Waals surface area contributed by atoms with Crippen molar-refractivity contribution < 1.29 is 4.79 Å². The van der Waals surface area contributed by atoms with Crippen molar-refractivity contribution in [2.24, 2.45) is 0 Å². The largest absolute Gasteiger partial charge is 0.325 e. The Hall–Kier alpha value is -3.38. The summed E-state index contributed by atoms with van der Waals surface area (Å²) in [5, 5.41) is 12.6. The van der Waals surface area contributed by atoms with E-state index in [-0.39, 0.29) is 11.7 Å². The van der Waals surface area contributed by atoms with Crippen molar-refractivity contribution in [2.45, 2.75) is 45.2 Å². The van der Waals surface area contributed by atoms with Crippen LogP contribution in [0.15, 0.2) is 78.0 Å². The molecule has 34 heavy (non-hydrogen) atoms. The third kappa shape index (κ3) is 5.39. The molecule has 0 saturated carbocycles. The number of nitrogens with zero attached hydrogens (tertiary/aromatic N) is 3. The van der Waals surface area contributed by atoms with Gasteiger partial charge in [0.25, 0.3) is 0 Å². The molecule has 0 aliphatic heterocycles. The number of hydrogen-bond acceptors (Lipinski definition) is 4. The second-order valence-corrected chi connectivity index (χ2v) is 9.49. The number of thioether (sulfide) groups is 1. The molecule has 6 heteroatoms. The number of anilines is 1. The molecule has 4 aromatic rings. The molecule has 3 aromatic carbocycles. The average Bonchev–Trinajstić information content (AvgIpc) is 3.29. The molecule has 0 fully saturated rings. The summed E-state index contributed by atoms with van der Waals surface area (Å²) < 4.78 is 2.03. The van der Waals surface area contributed by atoms with E-state index in [1.807, 2.05) is 47.0 Å². The lowest BCUT2D eigenvalue weighted by atomic mass is 9.99. The highest BCUT2D eigenvalue weighted by atomic mass is 32.2. The molecule has 4 rings (SSSR count). The van der Waals surface area contributed by atoms with Crippen molar-refractivity contribution in [2.75, 3.05) is 11.1 Å². The number of aromatic nitrogens is 3. The van der Waals surface area contributed by atoms with E-state index in [1.165, 1.54) is 28.5 Å². The third-order valence-electron chi connectivity index (χ3n) is 6.12. The van der Waals surface area contributed by atoms with Crippen molar-refractivity contribution in [1.82, 2.24) is 14.8 Å². The summed E-state index contributed by atoms with van der Waals surface area (Å²) in [6.45, 7) is 8.58. The second kappa shape index (κ2) is 10.7. The SMILES string of the molecule is CC[C@@H](C)c1ccc(NC(=O)CSc2nnc(-c3ccccc3)n2-c2ccc(C)c(C)c2)cc1. The van der Waals surface area contributed by atoms with Gasteiger partial charge >= 0.3 is 0 Å². The lowest BCUT2D eigenvalue weighted by molar-refractivity contribution is -0.113. The van der Waals surface area contributed by atoms with Crippen molar-refractivity contribution in [1.29, 1.82) is 0 Å². The van der Waals surface area contributed by atoms with E-state index in [4.69, 9.17) is 0 Å². The van der Waals surface area contributed by atoms with Crippen LogP contribution in [-0.4, -0.2) is 26.4 Å². The fourth-order valence-corrected chi connectivity index (χ4v) is 4.44. The molecular formula is C28H30N4OS. The normalized spacial score (nSPS) is 11.9. The maximum atomic E-state index is 12.7. The maximum Gasteiger partial charge on any atom is 0.234 e. The highest BCUT2D eigenvalue weighted by Crippen LogP contribution is 2.29. The number of carbonyl (C=O) groups excluding carboxylic acids is 1. The first-order valence-electron chi connectivity index (χ1n) is 11.6. The van der Waals surface area contributed by atoms with Crippen molar-refractivity contribution >= 4 is 23.4 Å². The molecule has 174 valence electrons. The number of carbonyl (C=O) groups is 1. The molecule has 1 amide bonds. The van der Waals surface area contributed by atoms with Gasteiger partial charge in [0.1, 0.15) is 0 Å². The van der Waals surface area contributed by atoms with Crippen LogP contribution in [0.4, 0.5) is 5.69 Å². The molecule has 1 aromatic heterocycles. The van der Waals surface area contributed by atoms with Gasteiger partial charge < -0.3 is 5.32 Å². The van der Waals surface area contributed by atoms with Crippen LogP contribution in [0, 0.1) is 13.8 Å². The fourth-order valence-electron chi connectivity index (χ4n) is 3.69. The van der Waals surface area contributed by atoms with E-state index >= 15 is 0 Å². The number of amides is 1. The molecule has 1 atom stereocenters. The average molecular weight is 471 g/mol. The number of nitrogens with one attached hydrogen (secondary N) is 1. The van der Waals surface area contributed by atoms with Crippen molar-refractivity contribution in [3.8, 4) is 17.1 Å². The quantitative estimate of drug-likeness (QED) is 0.288. The van der Waals surface area contributed by atoms with Crippen LogP contribution in [0.1, 0.15) is 42.9 Å². The molecule has 1 N–H and O–H groups in total. The topological polar surface area (TPSA) is 59.8 Å². The van der Waals surface area contributed by atoms with Gasteiger partial charge in [0.05, 0.1) is 11.4 Å². The van der Waals surface area contributed by atoms with Gasteiger partial charge in [-0.2, -0.15) is 0 Å². The number of benzene rings is 3. The van der Waals surface area contributed by atoms with Crippen LogP contribution in [0.2, 0.25) is 0 Å². The van der Waals surface area contributed by atoms with Crippen LogP contribution in [0.25, 0.3) is 17.1 Å². The van der Waals surface area contributed by atoms with Gasteiger partial charge in [0.15, 0.2) is 11.0 Å². The summed E-state index contributed by atoms with van der Waals surface area (Å²) in [5.41, 5.74) is 6.47. The molecule has 0 saturated heterocycles. The Morgan fingerprint density at radius 2 is 1.71 bits per heavy atom. The maximum absolute atomic E-state index is 12.7. The monoisotopic (exact) mass is 470 g/mol. The minimum atomic E-state index is -0.0720. The molecule has 1 heterocycles. The minimum Gasteiger partial charge on any atom is -0.325 e. The molecule has 0 aliphatic carbocycles. The third-order valence-corrected chi connectivity index (χ3v) is 7.05. The summed E-state index contributed by atoms with van der Waals surface area (Å²) >= 11 is 1.38. The van der Waals surface area contributed by atoms with Crippen LogP contribution in [0.3, 0.4) is 0 Å². The van der Waals surface area contributed by atoms with Crippen LogP contribution in [0.5, 0.6) is 0 Å². The summed E-state index contributed by atoms with van der Waals surface area (Å²) in [4.78, 5) is 12.7. The molecular weight excluding hydrogens is 440 g/mol. The van der Waals surface area contributed by atoms with E-state index in [1.54, 1.807) is 0 Å². The Labute approximate surface area is 205 Å². The smallest absolute Gasteiger partial charge is 0.234 e. The lowest BCUT2D eigenvalue weighted by Gasteiger charge is -2.13. The van der Waals surface area contributed by atoms with Crippen LogP contribution in [-0.2, 0) is 4.79 Å². The number of rotatable bonds is 8. The molecule has 0 radical (unpaired) electrons. The zero-order valence-corrected chi connectivity index (χ0v) is 20.9. The first kappa shape index (κ1) is 23.8. The second-order valence-electron chi connectivity index (χ2n) is 8.54. The van der Waals surface area contributed by atoms with Crippen molar-refractivity contribution in [3.63, 3.8) is 0 Å². The van der Waals surface area contributed by atoms with Crippen molar-refractivity contribution in [3.05, 3.63) is 89.5 Å². The van der Waals surface area contributed by atoms with Crippen LogP contribution >= 0.6 is 11.8 Å². The van der Waals surface area contributed by atoms with Gasteiger partial charge in [-0.15, -0.1) is 10.2 Å². The van der Waals surface area contributed by atoms with Gasteiger partial charge in [0.2, 0.25) is 5.91 Å². The Morgan fingerprint density at radius 1 is 0.971 bits per heavy atom. The molecule has 0 bridgehead atoms. The Balaban J connectivity index is 1.54. The summed E-state index contributed by atoms with van der Waals surface area (Å²) in [6.07, 6.45) is 1.09. The van der Waals surface area contributed by atoms with Gasteiger partial charge in [-0.1, -0.05) is 74.1 Å². The fraction of sp³-hybridized carbons (Fsp3) is 0.250. The highest BCUT2D eigenvalue weighted by molar-refractivity contribution is 7.99. The van der Waals surface area contributed by atoms with E-state index in [0.29, 0.717) is 11.1 Å². The predicted molar refractivity (Wildman–Crippen MR) is 141 cm³/mol. The predicted octanol–water partition coefficient (Wildman–Crippen LogP) is 6.80.